The molecule has 41 heavy (non-hydrogen) atoms. The summed E-state index contributed by atoms with van der Waals surface area (Å²) >= 11 is 0. The number of likely N-dealkylation sites (tertiary alicyclic amines) is 1. The Morgan fingerprint density at radius 2 is 1.80 bits per heavy atom. The topological polar surface area (TPSA) is 84.2 Å². The first-order valence-electron chi connectivity index (χ1n) is 13.5. The second kappa shape index (κ2) is 16.2. The minimum Gasteiger partial charge on any atom is -0.367 e. The van der Waals surface area contributed by atoms with Gasteiger partial charge in [-0.1, -0.05) is 33.8 Å². The van der Waals surface area contributed by atoms with E-state index in [0.29, 0.717) is 12.4 Å². The van der Waals surface area contributed by atoms with Gasteiger partial charge in [0.1, 0.15) is 0 Å². The number of hydrogen-bond donors (Lipinski definition) is 1. The van der Waals surface area contributed by atoms with Crippen LogP contribution in [0.3, 0.4) is 0 Å². The molecule has 0 aliphatic carbocycles. The Hall–Kier alpha value is -3.34. The van der Waals surface area contributed by atoms with Gasteiger partial charge >= 0.3 is 0 Å². The van der Waals surface area contributed by atoms with Crippen LogP contribution in [-0.4, -0.2) is 59.0 Å². The molecule has 0 bridgehead atoms. The summed E-state index contributed by atoms with van der Waals surface area (Å²) in [6, 6.07) is 8.23. The molecule has 1 aromatic carbocycles. The number of nitrogens with zero attached hydrogens (tertiary/aromatic N) is 6. The van der Waals surface area contributed by atoms with E-state index in [2.05, 4.69) is 72.4 Å². The van der Waals surface area contributed by atoms with Gasteiger partial charge in [0.2, 0.25) is 12.4 Å². The molecule has 0 spiro atoms. The lowest BCUT2D eigenvalue weighted by Gasteiger charge is -2.28. The Balaban J connectivity index is 0.000000432. The number of halogens is 4. The van der Waals surface area contributed by atoms with Gasteiger partial charge in [0, 0.05) is 31.6 Å². The van der Waals surface area contributed by atoms with Gasteiger partial charge < -0.3 is 10.6 Å². The Morgan fingerprint density at radius 3 is 2.27 bits per heavy atom. The molecule has 0 radical (unpaired) electrons. The lowest BCUT2D eigenvalue weighted by molar-refractivity contribution is -0.0571. The van der Waals surface area contributed by atoms with Crippen LogP contribution in [0.25, 0.3) is 16.6 Å². The minimum absolute atomic E-state index is 0.0278. The fourth-order valence-corrected chi connectivity index (χ4v) is 4.18. The zero-order valence-electron chi connectivity index (χ0n) is 25.4. The largest absolute Gasteiger partial charge is 0.367 e. The number of fused-ring (bicyclic) bond motifs is 1. The molecule has 3 heterocycles. The van der Waals surface area contributed by atoms with E-state index >= 15 is 0 Å². The summed E-state index contributed by atoms with van der Waals surface area (Å²) in [6.07, 6.45) is 1.31. The number of anilines is 1. The van der Waals surface area contributed by atoms with E-state index in [1.54, 1.807) is 19.0 Å². The average Bonchev–Trinajstić information content (AvgIpc) is 3.30. The SMILES string of the molecule is C=C.CCC(F)F.CN1CCCC(F)(F)C1.CN=Nc1ccc(-c2ccn3nc(N)nc(CC(C)(C)C)c23)cc1C. The van der Waals surface area contributed by atoms with Crippen LogP contribution < -0.4 is 5.73 Å². The normalized spacial score (nSPS) is 15.0. The lowest BCUT2D eigenvalue weighted by atomic mass is 9.89. The van der Waals surface area contributed by atoms with Crippen molar-refractivity contribution in [2.24, 2.45) is 15.6 Å². The highest BCUT2D eigenvalue weighted by Gasteiger charge is 2.33. The summed E-state index contributed by atoms with van der Waals surface area (Å²) in [7, 11) is 3.41. The van der Waals surface area contributed by atoms with Crippen LogP contribution in [0.5, 0.6) is 0 Å². The maximum absolute atomic E-state index is 12.4. The zero-order chi connectivity index (χ0) is 31.4. The lowest BCUT2D eigenvalue weighted by Crippen LogP contribution is -2.39. The molecule has 1 saturated heterocycles. The molecule has 1 aliphatic heterocycles. The molecule has 3 aromatic rings. The quantitative estimate of drug-likeness (QED) is 0.191. The molecule has 7 nitrogen and oxygen atoms in total. The fraction of sp³-hybridized carbons (Fsp3) is 0.533. The molecule has 4 rings (SSSR count). The smallest absolute Gasteiger partial charge is 0.260 e. The predicted molar refractivity (Wildman–Crippen MR) is 160 cm³/mol. The van der Waals surface area contributed by atoms with Crippen LogP contribution in [0, 0.1) is 12.3 Å². The first-order valence-corrected chi connectivity index (χ1v) is 13.5. The fourth-order valence-electron chi connectivity index (χ4n) is 4.18. The summed E-state index contributed by atoms with van der Waals surface area (Å²) in [5.74, 6) is -2.13. The third kappa shape index (κ3) is 12.0. The van der Waals surface area contributed by atoms with Crippen molar-refractivity contribution in [1.29, 1.82) is 0 Å². The van der Waals surface area contributed by atoms with Crippen molar-refractivity contribution in [1.82, 2.24) is 19.5 Å². The number of nitrogen functional groups attached to an aromatic ring is 1. The van der Waals surface area contributed by atoms with Gasteiger partial charge in [-0.2, -0.15) is 10.2 Å². The van der Waals surface area contributed by atoms with Crippen LogP contribution in [0.1, 0.15) is 58.2 Å². The number of hydrogen-bond acceptors (Lipinski definition) is 6. The Morgan fingerprint density at radius 1 is 1.17 bits per heavy atom. The molecule has 2 N–H and O–H groups in total. The maximum Gasteiger partial charge on any atom is 0.260 e. The van der Waals surface area contributed by atoms with Crippen molar-refractivity contribution >= 4 is 17.2 Å². The molecule has 2 aromatic heterocycles. The molecule has 0 saturated carbocycles. The van der Waals surface area contributed by atoms with Crippen molar-refractivity contribution in [2.45, 2.75) is 72.6 Å². The third-order valence-corrected chi connectivity index (χ3v) is 5.91. The van der Waals surface area contributed by atoms with Gasteiger partial charge in [0.25, 0.3) is 5.92 Å². The third-order valence-electron chi connectivity index (χ3n) is 5.91. The number of alkyl halides is 4. The summed E-state index contributed by atoms with van der Waals surface area (Å²) in [4.78, 5) is 6.20. The van der Waals surface area contributed by atoms with E-state index in [9.17, 15) is 17.6 Å². The maximum atomic E-state index is 12.4. The molecule has 11 heteroatoms. The van der Waals surface area contributed by atoms with Gasteiger partial charge in [-0.05, 0) is 68.1 Å². The van der Waals surface area contributed by atoms with Gasteiger partial charge in [-0.3, -0.25) is 0 Å². The number of rotatable bonds is 4. The molecule has 1 fully saturated rings. The van der Waals surface area contributed by atoms with Crippen LogP contribution in [0.4, 0.5) is 29.2 Å². The van der Waals surface area contributed by atoms with Crippen LogP contribution in [-0.2, 0) is 6.42 Å². The van der Waals surface area contributed by atoms with E-state index in [1.807, 2.05) is 23.7 Å². The van der Waals surface area contributed by atoms with Gasteiger partial charge in [0.05, 0.1) is 23.4 Å². The van der Waals surface area contributed by atoms with Crippen molar-refractivity contribution in [2.75, 3.05) is 32.9 Å². The van der Waals surface area contributed by atoms with Crippen molar-refractivity contribution in [3.8, 4) is 11.1 Å². The van der Waals surface area contributed by atoms with E-state index < -0.39 is 12.3 Å². The van der Waals surface area contributed by atoms with Crippen LogP contribution in [0.15, 0.2) is 53.8 Å². The molecule has 0 unspecified atom stereocenters. The highest BCUT2D eigenvalue weighted by atomic mass is 19.3. The van der Waals surface area contributed by atoms with E-state index in [1.165, 1.54) is 6.92 Å². The summed E-state index contributed by atoms with van der Waals surface area (Å²) < 4.78 is 48.2. The van der Waals surface area contributed by atoms with Gasteiger partial charge in [-0.25, -0.2) is 27.1 Å². The van der Waals surface area contributed by atoms with Crippen LogP contribution >= 0.6 is 0 Å². The first kappa shape index (κ1) is 35.7. The highest BCUT2D eigenvalue weighted by Crippen LogP contribution is 2.33. The van der Waals surface area contributed by atoms with E-state index in [4.69, 9.17) is 5.73 Å². The zero-order valence-corrected chi connectivity index (χ0v) is 25.4. The summed E-state index contributed by atoms with van der Waals surface area (Å²) in [5.41, 5.74) is 12.1. The predicted octanol–water partition coefficient (Wildman–Crippen LogP) is 8.40. The number of azo groups is 1. The standard InChI is InChI=1S/C19H24N6.C6H11F2N.C3H6F2.C2H4/c1-12-10-13(6-7-15(12)23-21-5)14-8-9-25-17(14)16(11-19(2,3)4)22-18(20)24-25;1-9-4-2-3-6(7,8)5-9;1-2-3(4)5;1-2/h6-10H,11H2,1-5H3,(H2,20,24);2-5H2,1H3;3H,2H2,1H3;1-2H2. The Kier molecular flexibility index (Phi) is 14.1. The number of piperidine rings is 1. The van der Waals surface area contributed by atoms with Crippen molar-refractivity contribution < 1.29 is 17.6 Å². The van der Waals surface area contributed by atoms with E-state index in [0.717, 1.165) is 46.6 Å². The Labute approximate surface area is 241 Å². The van der Waals surface area contributed by atoms with Gasteiger partial charge in [-0.15, -0.1) is 18.3 Å². The molecule has 1 aliphatic rings. The highest BCUT2D eigenvalue weighted by molar-refractivity contribution is 5.83. The number of aryl methyl sites for hydroxylation is 1. The van der Waals surface area contributed by atoms with Crippen LogP contribution in [0.2, 0.25) is 0 Å². The molecular formula is C30H45F4N7. The number of benzene rings is 1. The van der Waals surface area contributed by atoms with Crippen molar-refractivity contribution in [3.05, 3.63) is 54.9 Å². The minimum atomic E-state index is -2.42. The molecule has 0 atom stereocenters. The Bertz CT molecular complexity index is 1250. The second-order valence-corrected chi connectivity index (χ2v) is 11.0. The molecule has 0 amide bonds. The monoisotopic (exact) mass is 579 g/mol. The molecule has 228 valence electrons. The average molecular weight is 580 g/mol. The summed E-state index contributed by atoms with van der Waals surface area (Å²) in [6.45, 7) is 16.8. The summed E-state index contributed by atoms with van der Waals surface area (Å²) in [5, 5.41) is 12.3. The van der Waals surface area contributed by atoms with Crippen molar-refractivity contribution in [3.63, 3.8) is 0 Å². The number of aromatic nitrogens is 3. The molecular weight excluding hydrogens is 534 g/mol. The number of nitrogens with two attached hydrogens (primary N) is 1. The first-order chi connectivity index (χ1) is 19.2. The van der Waals surface area contributed by atoms with Gasteiger partial charge in [0.15, 0.2) is 0 Å². The second-order valence-electron chi connectivity index (χ2n) is 11.0. The van der Waals surface area contributed by atoms with E-state index in [-0.39, 0.29) is 24.8 Å².